The minimum absolute atomic E-state index is 0.192. The first-order valence-corrected chi connectivity index (χ1v) is 14.8. The molecule has 0 spiro atoms. The Morgan fingerprint density at radius 3 is 2.59 bits per heavy atom. The number of hydrogen-bond donors (Lipinski definition) is 2. The van der Waals surface area contributed by atoms with Gasteiger partial charge in [-0.25, -0.2) is 0 Å². The SMILES string of the molecule is CC/C=C(\N)C1=C(c2ccc(C(N)=O)cc2CCC)N=C(C2CCCN(C(=O)CN(C)C(C)C)C2)CCC1C. The zero-order valence-electron chi connectivity index (χ0n) is 24.9. The van der Waals surface area contributed by atoms with Crippen LogP contribution in [0, 0.1) is 11.8 Å². The summed E-state index contributed by atoms with van der Waals surface area (Å²) in [7, 11) is 2.00. The van der Waals surface area contributed by atoms with E-state index >= 15 is 0 Å². The minimum atomic E-state index is -0.424. The van der Waals surface area contributed by atoms with Crippen LogP contribution in [0.1, 0.15) is 94.6 Å². The molecule has 7 heteroatoms. The number of benzene rings is 1. The molecule has 2 heterocycles. The summed E-state index contributed by atoms with van der Waals surface area (Å²) in [4.78, 5) is 34.7. The number of hydrogen-bond acceptors (Lipinski definition) is 5. The van der Waals surface area contributed by atoms with Crippen LogP contribution in [0.25, 0.3) is 5.70 Å². The van der Waals surface area contributed by atoms with Gasteiger partial charge in [-0.15, -0.1) is 0 Å². The van der Waals surface area contributed by atoms with Crippen LogP contribution in [-0.2, 0) is 11.2 Å². The van der Waals surface area contributed by atoms with Crippen molar-refractivity contribution < 1.29 is 9.59 Å². The summed E-state index contributed by atoms with van der Waals surface area (Å²) < 4.78 is 0. The maximum Gasteiger partial charge on any atom is 0.248 e. The molecule has 0 aliphatic carbocycles. The molecule has 0 bridgehead atoms. The average Bonchev–Trinajstić information content (AvgIpc) is 3.07. The number of rotatable bonds is 10. The van der Waals surface area contributed by atoms with Crippen LogP contribution in [0.5, 0.6) is 0 Å². The second-order valence-corrected chi connectivity index (χ2v) is 11.5. The monoisotopic (exact) mass is 535 g/mol. The molecule has 1 fully saturated rings. The number of aryl methyl sites for hydroxylation is 1. The van der Waals surface area contributed by atoms with E-state index < -0.39 is 5.91 Å². The molecule has 0 aromatic heterocycles. The molecule has 4 N–H and O–H groups in total. The number of carbonyl (C=O) groups is 2. The van der Waals surface area contributed by atoms with Crippen molar-refractivity contribution in [3.8, 4) is 0 Å². The van der Waals surface area contributed by atoms with E-state index in [0.29, 0.717) is 24.7 Å². The number of aliphatic imine (C=N–C) groups is 1. The number of likely N-dealkylation sites (tertiary alicyclic amines) is 1. The molecule has 2 aliphatic heterocycles. The van der Waals surface area contributed by atoms with Crippen molar-refractivity contribution >= 4 is 23.2 Å². The Bertz CT molecular complexity index is 1130. The molecular formula is C32H49N5O2. The van der Waals surface area contributed by atoms with Crippen molar-refractivity contribution in [2.24, 2.45) is 28.3 Å². The molecule has 0 saturated carbocycles. The van der Waals surface area contributed by atoms with Gasteiger partial charge in [-0.3, -0.25) is 19.5 Å². The van der Waals surface area contributed by atoms with E-state index in [0.717, 1.165) is 85.3 Å². The molecule has 39 heavy (non-hydrogen) atoms. The van der Waals surface area contributed by atoms with Crippen LogP contribution < -0.4 is 11.5 Å². The summed E-state index contributed by atoms with van der Waals surface area (Å²) in [6, 6.07) is 6.05. The second-order valence-electron chi connectivity index (χ2n) is 11.5. The average molecular weight is 536 g/mol. The van der Waals surface area contributed by atoms with Crippen LogP contribution in [0.15, 0.2) is 40.5 Å². The third-order valence-electron chi connectivity index (χ3n) is 8.25. The summed E-state index contributed by atoms with van der Waals surface area (Å²) in [5.41, 5.74) is 18.9. The highest BCUT2D eigenvalue weighted by Crippen LogP contribution is 2.38. The third-order valence-corrected chi connectivity index (χ3v) is 8.25. The van der Waals surface area contributed by atoms with Crippen molar-refractivity contribution in [1.29, 1.82) is 0 Å². The molecule has 2 amide bonds. The first kappa shape index (κ1) is 30.6. The Kier molecular flexibility index (Phi) is 10.9. The molecule has 3 rings (SSSR count). The largest absolute Gasteiger partial charge is 0.399 e. The normalized spacial score (nSPS) is 20.9. The van der Waals surface area contributed by atoms with Crippen LogP contribution in [-0.4, -0.2) is 60.0 Å². The lowest BCUT2D eigenvalue weighted by atomic mass is 9.86. The summed E-state index contributed by atoms with van der Waals surface area (Å²) in [5, 5.41) is 0. The lowest BCUT2D eigenvalue weighted by molar-refractivity contribution is -0.133. The standard InChI is InChI=1S/C32H49N5O2/c1-7-10-23-18-24(32(34)39)14-15-26(23)31-30(27(33)11-8-2)22(5)13-16-28(35-31)25-12-9-17-37(19-25)29(38)20-36(6)21(3)4/h11,14-15,18,21-22,25H,7-10,12-13,16-17,19-20,33H2,1-6H3,(H2,34,39)/b27-11-. The molecular weight excluding hydrogens is 486 g/mol. The number of nitrogens with zero attached hydrogens (tertiary/aromatic N) is 3. The van der Waals surface area contributed by atoms with Crippen molar-refractivity contribution in [3.63, 3.8) is 0 Å². The lowest BCUT2D eigenvalue weighted by Crippen LogP contribution is -2.47. The first-order valence-electron chi connectivity index (χ1n) is 14.8. The number of nitrogens with two attached hydrogens (primary N) is 2. The fourth-order valence-corrected chi connectivity index (χ4v) is 5.68. The maximum atomic E-state index is 13.1. The van der Waals surface area contributed by atoms with Gasteiger partial charge in [0.1, 0.15) is 0 Å². The van der Waals surface area contributed by atoms with Gasteiger partial charge in [0.05, 0.1) is 12.2 Å². The van der Waals surface area contributed by atoms with E-state index in [1.807, 2.05) is 24.1 Å². The summed E-state index contributed by atoms with van der Waals surface area (Å²) in [6.45, 7) is 12.6. The zero-order valence-corrected chi connectivity index (χ0v) is 24.9. The van der Waals surface area contributed by atoms with E-state index in [4.69, 9.17) is 16.5 Å². The Morgan fingerprint density at radius 2 is 1.95 bits per heavy atom. The highest BCUT2D eigenvalue weighted by Gasteiger charge is 2.31. The van der Waals surface area contributed by atoms with Crippen molar-refractivity contribution in [2.75, 3.05) is 26.7 Å². The first-order chi connectivity index (χ1) is 18.6. The highest BCUT2D eigenvalue weighted by molar-refractivity contribution is 5.96. The van der Waals surface area contributed by atoms with Gasteiger partial charge < -0.3 is 16.4 Å². The maximum absolute atomic E-state index is 13.1. The van der Waals surface area contributed by atoms with Gasteiger partial charge in [-0.1, -0.05) is 39.3 Å². The molecule has 0 radical (unpaired) electrons. The number of amides is 2. The lowest BCUT2D eigenvalue weighted by Gasteiger charge is -2.35. The van der Waals surface area contributed by atoms with Crippen LogP contribution in [0.4, 0.5) is 0 Å². The van der Waals surface area contributed by atoms with Gasteiger partial charge in [-0.05, 0) is 83.0 Å². The Morgan fingerprint density at radius 1 is 1.21 bits per heavy atom. The van der Waals surface area contributed by atoms with Crippen molar-refractivity contribution in [1.82, 2.24) is 9.80 Å². The van der Waals surface area contributed by atoms with Crippen molar-refractivity contribution in [2.45, 2.75) is 85.6 Å². The molecule has 1 aromatic carbocycles. The Hall–Kier alpha value is -2.93. The van der Waals surface area contributed by atoms with Gasteiger partial charge >= 0.3 is 0 Å². The molecule has 2 unspecified atom stereocenters. The van der Waals surface area contributed by atoms with E-state index in [1.54, 1.807) is 6.07 Å². The molecule has 7 nitrogen and oxygen atoms in total. The summed E-state index contributed by atoms with van der Waals surface area (Å²) in [6.07, 6.45) is 8.53. The van der Waals surface area contributed by atoms with Gasteiger partial charge in [0.15, 0.2) is 0 Å². The molecule has 1 aromatic rings. The predicted octanol–water partition coefficient (Wildman–Crippen LogP) is 5.15. The van der Waals surface area contributed by atoms with E-state index in [1.165, 1.54) is 0 Å². The molecule has 1 saturated heterocycles. The summed E-state index contributed by atoms with van der Waals surface area (Å²) >= 11 is 0. The number of allylic oxidation sites excluding steroid dienone is 2. The highest BCUT2D eigenvalue weighted by atomic mass is 16.2. The Labute approximate surface area is 235 Å². The number of primary amides is 1. The summed E-state index contributed by atoms with van der Waals surface area (Å²) in [5.74, 6) is 0.226. The smallest absolute Gasteiger partial charge is 0.248 e. The quantitative estimate of drug-likeness (QED) is 0.432. The number of carbonyl (C=O) groups excluding carboxylic acids is 2. The van der Waals surface area contributed by atoms with Gasteiger partial charge in [0.25, 0.3) is 0 Å². The van der Waals surface area contributed by atoms with Crippen molar-refractivity contribution in [3.05, 3.63) is 52.2 Å². The molecule has 2 atom stereocenters. The van der Waals surface area contributed by atoms with E-state index in [9.17, 15) is 9.59 Å². The topological polar surface area (TPSA) is 105 Å². The van der Waals surface area contributed by atoms with Gasteiger partial charge in [0, 0.05) is 53.2 Å². The number of piperidine rings is 1. The molecule has 214 valence electrons. The van der Waals surface area contributed by atoms with Gasteiger partial charge in [0.2, 0.25) is 11.8 Å². The number of likely N-dealkylation sites (N-methyl/N-ethyl adjacent to an activating group) is 1. The van der Waals surface area contributed by atoms with E-state index in [2.05, 4.69) is 45.6 Å². The fourth-order valence-electron chi connectivity index (χ4n) is 5.68. The molecule has 2 aliphatic rings. The second kappa shape index (κ2) is 13.9. The minimum Gasteiger partial charge on any atom is -0.399 e. The van der Waals surface area contributed by atoms with E-state index in [-0.39, 0.29) is 17.7 Å². The van der Waals surface area contributed by atoms with Crippen LogP contribution >= 0.6 is 0 Å². The third kappa shape index (κ3) is 7.59. The zero-order chi connectivity index (χ0) is 28.7. The fraction of sp³-hybridized carbons (Fsp3) is 0.594. The van der Waals surface area contributed by atoms with Gasteiger partial charge in [-0.2, -0.15) is 0 Å². The van der Waals surface area contributed by atoms with Crippen LogP contribution in [0.2, 0.25) is 0 Å². The van der Waals surface area contributed by atoms with Crippen LogP contribution in [0.3, 0.4) is 0 Å². The Balaban J connectivity index is 2.08. The predicted molar refractivity (Wildman–Crippen MR) is 161 cm³/mol.